The van der Waals surface area contributed by atoms with Crippen molar-refractivity contribution in [2.45, 2.75) is 0 Å². The number of carbonyl (C=O) groups is 1. The number of rotatable bonds is 1. The third-order valence-corrected chi connectivity index (χ3v) is 3.71. The lowest BCUT2D eigenvalue weighted by molar-refractivity contribution is 0.0594. The van der Waals surface area contributed by atoms with E-state index in [4.69, 9.17) is 0 Å². The Morgan fingerprint density at radius 2 is 2.43 bits per heavy atom. The summed E-state index contributed by atoms with van der Waals surface area (Å²) in [6.45, 7) is 0. The number of fused-ring (bicyclic) bond motifs is 1. The highest BCUT2D eigenvalue weighted by Crippen LogP contribution is 2.29. The van der Waals surface area contributed by atoms with E-state index in [-0.39, 0.29) is 0 Å². The molecule has 0 saturated heterocycles. The first-order valence-electron chi connectivity index (χ1n) is 3.83. The van der Waals surface area contributed by atoms with E-state index in [1.54, 1.807) is 23.6 Å². The molecule has 2 rings (SSSR count). The van der Waals surface area contributed by atoms with Gasteiger partial charge in [-0.1, -0.05) is 0 Å². The summed E-state index contributed by atoms with van der Waals surface area (Å²) in [6.07, 6.45) is 1.67. The van der Waals surface area contributed by atoms with E-state index in [9.17, 15) is 4.79 Å². The number of carbonyl (C=O) groups excluding carboxylic acids is 1. The molecule has 14 heavy (non-hydrogen) atoms. The highest BCUT2D eigenvalue weighted by molar-refractivity contribution is 9.10. The van der Waals surface area contributed by atoms with Gasteiger partial charge in [-0.2, -0.15) is 0 Å². The topological polar surface area (TPSA) is 39.2 Å². The Bertz CT molecular complexity index is 495. The van der Waals surface area contributed by atoms with E-state index in [2.05, 4.69) is 25.7 Å². The van der Waals surface area contributed by atoms with Crippen molar-refractivity contribution in [3.63, 3.8) is 0 Å². The molecule has 0 aliphatic carbocycles. The number of thiophene rings is 1. The Balaban J connectivity index is 2.57. The second-order valence-corrected chi connectivity index (χ2v) is 4.41. The van der Waals surface area contributed by atoms with Crippen LogP contribution in [0.5, 0.6) is 0 Å². The quantitative estimate of drug-likeness (QED) is 0.749. The van der Waals surface area contributed by atoms with Crippen LogP contribution in [0.1, 0.15) is 10.5 Å². The minimum Gasteiger partial charge on any atom is -0.464 e. The van der Waals surface area contributed by atoms with E-state index in [1.807, 2.05) is 5.38 Å². The van der Waals surface area contributed by atoms with Crippen molar-refractivity contribution in [2.75, 3.05) is 7.11 Å². The number of halogens is 1. The Labute approximate surface area is 92.8 Å². The van der Waals surface area contributed by atoms with Gasteiger partial charge in [0.2, 0.25) is 0 Å². The van der Waals surface area contributed by atoms with Crippen LogP contribution >= 0.6 is 27.3 Å². The van der Waals surface area contributed by atoms with Crippen LogP contribution in [-0.4, -0.2) is 18.1 Å². The SMILES string of the molecule is COC(=O)c1cc2scc(Br)c2cn1. The second kappa shape index (κ2) is 3.67. The summed E-state index contributed by atoms with van der Waals surface area (Å²) in [6, 6.07) is 1.73. The van der Waals surface area contributed by atoms with Crippen LogP contribution in [-0.2, 0) is 4.74 Å². The Morgan fingerprint density at radius 1 is 1.64 bits per heavy atom. The molecule has 0 N–H and O–H groups in total. The molecular formula is C9H6BrNO2S. The van der Waals surface area contributed by atoms with E-state index in [0.29, 0.717) is 5.69 Å². The predicted octanol–water partition coefficient (Wildman–Crippen LogP) is 2.85. The van der Waals surface area contributed by atoms with Gasteiger partial charge in [0.15, 0.2) is 0 Å². The normalized spacial score (nSPS) is 10.4. The maximum atomic E-state index is 11.2. The summed E-state index contributed by atoms with van der Waals surface area (Å²) in [7, 11) is 1.35. The van der Waals surface area contributed by atoms with Crippen LogP contribution in [0, 0.1) is 0 Å². The zero-order valence-electron chi connectivity index (χ0n) is 7.28. The largest absolute Gasteiger partial charge is 0.464 e. The Morgan fingerprint density at radius 3 is 3.14 bits per heavy atom. The second-order valence-electron chi connectivity index (χ2n) is 2.64. The molecule has 0 bridgehead atoms. The van der Waals surface area contributed by atoms with Crippen molar-refractivity contribution in [3.8, 4) is 0 Å². The van der Waals surface area contributed by atoms with Gasteiger partial charge >= 0.3 is 5.97 Å². The highest BCUT2D eigenvalue weighted by Gasteiger charge is 2.09. The van der Waals surface area contributed by atoms with Crippen molar-refractivity contribution in [3.05, 3.63) is 27.8 Å². The van der Waals surface area contributed by atoms with Crippen LogP contribution < -0.4 is 0 Å². The third-order valence-electron chi connectivity index (χ3n) is 1.81. The van der Waals surface area contributed by atoms with Gasteiger partial charge in [0.05, 0.1) is 7.11 Å². The molecule has 0 spiro atoms. The smallest absolute Gasteiger partial charge is 0.356 e. The summed E-state index contributed by atoms with van der Waals surface area (Å²) in [5, 5.41) is 2.98. The fraction of sp³-hybridized carbons (Fsp3) is 0.111. The summed E-state index contributed by atoms with van der Waals surface area (Å²) in [4.78, 5) is 15.2. The monoisotopic (exact) mass is 271 g/mol. The number of pyridine rings is 1. The van der Waals surface area contributed by atoms with Crippen molar-refractivity contribution < 1.29 is 9.53 Å². The first kappa shape index (κ1) is 9.61. The van der Waals surface area contributed by atoms with Crippen molar-refractivity contribution in [1.82, 2.24) is 4.98 Å². The zero-order chi connectivity index (χ0) is 10.1. The molecule has 0 amide bonds. The van der Waals surface area contributed by atoms with Gasteiger partial charge in [-0.15, -0.1) is 11.3 Å². The van der Waals surface area contributed by atoms with Gasteiger partial charge in [-0.3, -0.25) is 0 Å². The summed E-state index contributed by atoms with van der Waals surface area (Å²) in [5.41, 5.74) is 0.342. The molecule has 2 aromatic heterocycles. The Kier molecular flexibility index (Phi) is 2.52. The van der Waals surface area contributed by atoms with E-state index in [0.717, 1.165) is 14.6 Å². The minimum atomic E-state index is -0.406. The number of hydrogen-bond donors (Lipinski definition) is 0. The molecule has 0 aliphatic heterocycles. The molecule has 0 aliphatic rings. The number of hydrogen-bond acceptors (Lipinski definition) is 4. The van der Waals surface area contributed by atoms with Gasteiger partial charge in [0, 0.05) is 26.1 Å². The maximum Gasteiger partial charge on any atom is 0.356 e. The number of methoxy groups -OCH3 is 1. The van der Waals surface area contributed by atoms with Crippen LogP contribution in [0.15, 0.2) is 22.1 Å². The number of ether oxygens (including phenoxy) is 1. The fourth-order valence-corrected chi connectivity index (χ4v) is 2.66. The van der Waals surface area contributed by atoms with Crippen molar-refractivity contribution in [1.29, 1.82) is 0 Å². The Hall–Kier alpha value is -0.940. The number of nitrogens with zero attached hydrogens (tertiary/aromatic N) is 1. The van der Waals surface area contributed by atoms with Gasteiger partial charge in [-0.25, -0.2) is 9.78 Å². The number of esters is 1. The molecule has 2 aromatic rings. The van der Waals surface area contributed by atoms with Gasteiger partial charge in [-0.05, 0) is 22.0 Å². The van der Waals surface area contributed by atoms with E-state index < -0.39 is 5.97 Å². The fourth-order valence-electron chi connectivity index (χ4n) is 1.11. The summed E-state index contributed by atoms with van der Waals surface area (Å²) in [5.74, 6) is -0.406. The average Bonchev–Trinajstić information content (AvgIpc) is 2.59. The number of aromatic nitrogens is 1. The van der Waals surface area contributed by atoms with Crippen LogP contribution in [0.3, 0.4) is 0 Å². The van der Waals surface area contributed by atoms with Crippen LogP contribution in [0.4, 0.5) is 0 Å². The molecule has 72 valence electrons. The van der Waals surface area contributed by atoms with Gasteiger partial charge in [0.25, 0.3) is 0 Å². The van der Waals surface area contributed by atoms with Crippen LogP contribution in [0.2, 0.25) is 0 Å². The molecule has 0 atom stereocenters. The van der Waals surface area contributed by atoms with E-state index >= 15 is 0 Å². The molecular weight excluding hydrogens is 266 g/mol. The molecule has 0 unspecified atom stereocenters. The molecule has 3 nitrogen and oxygen atoms in total. The third kappa shape index (κ3) is 1.53. The maximum absolute atomic E-state index is 11.2. The first-order valence-corrected chi connectivity index (χ1v) is 5.50. The predicted molar refractivity (Wildman–Crippen MR) is 58.7 cm³/mol. The lowest BCUT2D eigenvalue weighted by Crippen LogP contribution is -2.03. The molecule has 0 aromatic carbocycles. The average molecular weight is 272 g/mol. The highest BCUT2D eigenvalue weighted by atomic mass is 79.9. The summed E-state index contributed by atoms with van der Waals surface area (Å²) < 4.78 is 6.61. The lowest BCUT2D eigenvalue weighted by atomic mass is 10.3. The first-order chi connectivity index (χ1) is 6.72. The van der Waals surface area contributed by atoms with Gasteiger partial charge in [0.1, 0.15) is 5.69 Å². The molecule has 5 heteroatoms. The molecule has 2 heterocycles. The van der Waals surface area contributed by atoms with Gasteiger partial charge < -0.3 is 4.74 Å². The lowest BCUT2D eigenvalue weighted by Gasteiger charge is -1.97. The zero-order valence-corrected chi connectivity index (χ0v) is 9.68. The van der Waals surface area contributed by atoms with Crippen LogP contribution in [0.25, 0.3) is 10.1 Å². The van der Waals surface area contributed by atoms with E-state index in [1.165, 1.54) is 7.11 Å². The standard InChI is InChI=1S/C9H6BrNO2S/c1-13-9(12)7-2-8-5(3-11-7)6(10)4-14-8/h2-4H,1H3. The molecule has 0 fully saturated rings. The minimum absolute atomic E-state index is 0.342. The molecule has 0 saturated carbocycles. The summed E-state index contributed by atoms with van der Waals surface area (Å²) >= 11 is 4.96. The molecule has 0 radical (unpaired) electrons. The van der Waals surface area contributed by atoms with Crippen molar-refractivity contribution >= 4 is 43.3 Å². The van der Waals surface area contributed by atoms with Crippen molar-refractivity contribution in [2.24, 2.45) is 0 Å².